The molecule has 5 heteroatoms. The highest BCUT2D eigenvalue weighted by molar-refractivity contribution is 8.02. The normalized spacial score (nSPS) is 10.7. The Morgan fingerprint density at radius 2 is 1.61 bits per heavy atom. The molecule has 4 rings (SSSR count). The highest BCUT2D eigenvalue weighted by Gasteiger charge is 2.15. The summed E-state index contributed by atoms with van der Waals surface area (Å²) in [6.45, 7) is 2.08. The summed E-state index contributed by atoms with van der Waals surface area (Å²) in [6.07, 6.45) is 0. The van der Waals surface area contributed by atoms with Gasteiger partial charge in [0.05, 0.1) is 11.3 Å². The van der Waals surface area contributed by atoms with E-state index in [-0.39, 0.29) is 0 Å². The number of aryl methyl sites for hydroxylation is 1. The second-order valence-electron chi connectivity index (χ2n) is 7.61. The lowest BCUT2D eigenvalue weighted by atomic mass is 9.99. The van der Waals surface area contributed by atoms with E-state index in [0.29, 0.717) is 5.56 Å². The summed E-state index contributed by atoms with van der Waals surface area (Å²) >= 11 is 9.50. The van der Waals surface area contributed by atoms with Crippen molar-refractivity contribution in [1.82, 2.24) is 4.98 Å². The number of hydrogen-bond donors (Lipinski definition) is 0. The van der Waals surface area contributed by atoms with Gasteiger partial charge in [-0.2, -0.15) is 17.0 Å². The van der Waals surface area contributed by atoms with Crippen LogP contribution >= 0.6 is 35.1 Å². The molecule has 0 amide bonds. The number of nitrogens with zero attached hydrogens (tertiary/aromatic N) is 2. The monoisotopic (exact) mass is 486 g/mol. The van der Waals surface area contributed by atoms with Crippen LogP contribution < -0.4 is 0 Å². The highest BCUT2D eigenvalue weighted by atomic mass is 35.5. The molecule has 0 fully saturated rings. The summed E-state index contributed by atoms with van der Waals surface area (Å²) < 4.78 is 0. The lowest BCUT2D eigenvalue weighted by molar-refractivity contribution is 1.12. The van der Waals surface area contributed by atoms with Crippen LogP contribution in [0.4, 0.5) is 0 Å². The van der Waals surface area contributed by atoms with Gasteiger partial charge in [-0.1, -0.05) is 83.9 Å². The molecule has 2 nitrogen and oxygen atoms in total. The largest absolute Gasteiger partial charge is 0.240 e. The Bertz CT molecular complexity index is 1250. The Morgan fingerprint density at radius 1 is 0.879 bits per heavy atom. The summed E-state index contributed by atoms with van der Waals surface area (Å²) in [5, 5.41) is 11.6. The van der Waals surface area contributed by atoms with Crippen molar-refractivity contribution in [1.29, 1.82) is 5.26 Å². The molecule has 0 radical (unpaired) electrons. The minimum atomic E-state index is 0.643. The minimum Gasteiger partial charge on any atom is -0.240 e. The van der Waals surface area contributed by atoms with Gasteiger partial charge in [0, 0.05) is 33.4 Å². The van der Waals surface area contributed by atoms with Gasteiger partial charge in [-0.3, -0.25) is 0 Å². The van der Waals surface area contributed by atoms with Crippen molar-refractivity contribution in [2.24, 2.45) is 0 Å². The van der Waals surface area contributed by atoms with Crippen LogP contribution in [0.5, 0.6) is 0 Å². The number of halogens is 1. The van der Waals surface area contributed by atoms with Gasteiger partial charge < -0.3 is 0 Å². The van der Waals surface area contributed by atoms with E-state index < -0.39 is 0 Å². The molecular weight excluding hydrogens is 464 g/mol. The molecule has 0 N–H and O–H groups in total. The van der Waals surface area contributed by atoms with Gasteiger partial charge in [0.25, 0.3) is 0 Å². The van der Waals surface area contributed by atoms with Crippen LogP contribution in [0.2, 0.25) is 5.02 Å². The van der Waals surface area contributed by atoms with Gasteiger partial charge in [-0.15, -0.1) is 11.8 Å². The summed E-state index contributed by atoms with van der Waals surface area (Å²) in [4.78, 5) is 4.91. The number of pyridine rings is 1. The SMILES string of the molecule is Cc1ccc(-c2cc(-c3ccccc3)c(C#N)c(SCCSCc3ccc(Cl)cc3)n2)cc1. The molecule has 0 unspecified atom stereocenters. The van der Waals surface area contributed by atoms with Crippen molar-refractivity contribution in [3.05, 3.63) is 107 Å². The molecule has 0 aliphatic carbocycles. The molecule has 0 saturated carbocycles. The third kappa shape index (κ3) is 6.21. The molecule has 0 saturated heterocycles. The quantitative estimate of drug-likeness (QED) is 0.185. The Labute approximate surface area is 209 Å². The lowest BCUT2D eigenvalue weighted by Crippen LogP contribution is -1.97. The highest BCUT2D eigenvalue weighted by Crippen LogP contribution is 2.34. The first kappa shape index (κ1) is 23.4. The molecule has 164 valence electrons. The van der Waals surface area contributed by atoms with Gasteiger partial charge in [-0.25, -0.2) is 4.98 Å². The zero-order valence-electron chi connectivity index (χ0n) is 18.3. The van der Waals surface area contributed by atoms with Crippen molar-refractivity contribution in [3.8, 4) is 28.5 Å². The van der Waals surface area contributed by atoms with E-state index in [1.165, 1.54) is 11.1 Å². The fraction of sp³-hybridized carbons (Fsp3) is 0.143. The van der Waals surface area contributed by atoms with E-state index in [1.807, 2.05) is 60.3 Å². The Morgan fingerprint density at radius 3 is 2.30 bits per heavy atom. The number of hydrogen-bond acceptors (Lipinski definition) is 4. The van der Waals surface area contributed by atoms with Gasteiger partial charge >= 0.3 is 0 Å². The molecule has 4 aromatic rings. The summed E-state index contributed by atoms with van der Waals surface area (Å²) in [6, 6.07) is 30.9. The Balaban J connectivity index is 1.56. The van der Waals surface area contributed by atoms with Crippen LogP contribution in [-0.4, -0.2) is 16.5 Å². The molecule has 0 atom stereocenters. The van der Waals surface area contributed by atoms with Crippen LogP contribution in [0.25, 0.3) is 22.4 Å². The van der Waals surface area contributed by atoms with Crippen molar-refractivity contribution in [2.45, 2.75) is 17.7 Å². The van der Waals surface area contributed by atoms with Crippen LogP contribution in [0.15, 0.2) is 90.0 Å². The summed E-state index contributed by atoms with van der Waals surface area (Å²) in [5.41, 5.74) is 7.03. The van der Waals surface area contributed by atoms with E-state index in [0.717, 1.165) is 49.7 Å². The predicted octanol–water partition coefficient (Wildman–Crippen LogP) is 8.27. The molecule has 33 heavy (non-hydrogen) atoms. The number of benzene rings is 3. The number of thioether (sulfide) groups is 2. The van der Waals surface area contributed by atoms with Gasteiger partial charge in [0.15, 0.2) is 0 Å². The molecule has 3 aromatic carbocycles. The van der Waals surface area contributed by atoms with Gasteiger partial charge in [0.2, 0.25) is 0 Å². The molecule has 0 aliphatic heterocycles. The van der Waals surface area contributed by atoms with Gasteiger partial charge in [0.1, 0.15) is 11.1 Å². The van der Waals surface area contributed by atoms with Crippen molar-refractivity contribution >= 4 is 35.1 Å². The Hall–Kier alpha value is -2.71. The van der Waals surface area contributed by atoms with Crippen molar-refractivity contribution in [3.63, 3.8) is 0 Å². The fourth-order valence-corrected chi connectivity index (χ4v) is 5.58. The predicted molar refractivity (Wildman–Crippen MR) is 143 cm³/mol. The van der Waals surface area contributed by atoms with Crippen LogP contribution in [-0.2, 0) is 5.75 Å². The maximum absolute atomic E-state index is 10.0. The summed E-state index contributed by atoms with van der Waals surface area (Å²) in [5.74, 6) is 2.79. The molecule has 0 aliphatic rings. The molecular formula is C28H23ClN2S2. The molecule has 0 spiro atoms. The topological polar surface area (TPSA) is 36.7 Å². The van der Waals surface area contributed by atoms with E-state index in [1.54, 1.807) is 11.8 Å². The molecule has 1 heterocycles. The van der Waals surface area contributed by atoms with E-state index in [2.05, 4.69) is 49.4 Å². The van der Waals surface area contributed by atoms with Crippen molar-refractivity contribution in [2.75, 3.05) is 11.5 Å². The van der Waals surface area contributed by atoms with Gasteiger partial charge in [-0.05, 0) is 36.2 Å². The maximum Gasteiger partial charge on any atom is 0.115 e. The molecule has 0 bridgehead atoms. The first-order valence-corrected chi connectivity index (χ1v) is 13.2. The van der Waals surface area contributed by atoms with Crippen molar-refractivity contribution < 1.29 is 0 Å². The smallest absolute Gasteiger partial charge is 0.115 e. The van der Waals surface area contributed by atoms with Crippen LogP contribution in [0.3, 0.4) is 0 Å². The number of rotatable bonds is 8. The average molecular weight is 487 g/mol. The Kier molecular flexibility index (Phi) is 8.12. The minimum absolute atomic E-state index is 0.643. The second-order valence-corrected chi connectivity index (χ2v) is 10.2. The first-order chi connectivity index (χ1) is 16.1. The van der Waals surface area contributed by atoms with E-state index in [4.69, 9.17) is 16.6 Å². The second kappa shape index (κ2) is 11.4. The van der Waals surface area contributed by atoms with E-state index >= 15 is 0 Å². The maximum atomic E-state index is 10.0. The van der Waals surface area contributed by atoms with E-state index in [9.17, 15) is 5.26 Å². The third-order valence-corrected chi connectivity index (χ3v) is 7.70. The lowest BCUT2D eigenvalue weighted by Gasteiger charge is -2.13. The average Bonchev–Trinajstić information content (AvgIpc) is 2.85. The zero-order valence-corrected chi connectivity index (χ0v) is 20.7. The fourth-order valence-electron chi connectivity index (χ4n) is 3.42. The first-order valence-electron chi connectivity index (χ1n) is 10.7. The standard InChI is InChI=1S/C28H23ClN2S2/c1-20-7-11-23(12-8-20)27-17-25(22-5-3-2-4-6-22)26(18-30)28(31-27)33-16-15-32-19-21-9-13-24(29)14-10-21/h2-14,17H,15-16,19H2,1H3. The van der Waals surface area contributed by atoms with Crippen LogP contribution in [0.1, 0.15) is 16.7 Å². The summed E-state index contributed by atoms with van der Waals surface area (Å²) in [7, 11) is 0. The number of nitriles is 1. The third-order valence-electron chi connectivity index (χ3n) is 5.18. The zero-order chi connectivity index (χ0) is 23.0. The number of aromatic nitrogens is 1. The van der Waals surface area contributed by atoms with Crippen LogP contribution in [0, 0.1) is 18.3 Å². The molecule has 1 aromatic heterocycles.